The average molecular weight is 303 g/mol. The van der Waals surface area contributed by atoms with Crippen LogP contribution in [0.4, 0.5) is 5.69 Å². The maximum atomic E-state index is 11.9. The minimum Gasteiger partial charge on any atom is -0.332 e. The van der Waals surface area contributed by atoms with Crippen LogP contribution in [0.15, 0.2) is 12.3 Å². The van der Waals surface area contributed by atoms with Gasteiger partial charge in [-0.25, -0.2) is 4.98 Å². The maximum absolute atomic E-state index is 11.9. The predicted octanol–water partition coefficient (Wildman–Crippen LogP) is 0.759. The number of anilines is 1. The molecule has 0 atom stereocenters. The van der Waals surface area contributed by atoms with E-state index in [4.69, 9.17) is 23.2 Å². The van der Waals surface area contributed by atoms with Gasteiger partial charge in [-0.15, -0.1) is 0 Å². The summed E-state index contributed by atoms with van der Waals surface area (Å²) >= 11 is 11.6. The number of nitrogens with zero attached hydrogens (tertiary/aromatic N) is 2. The van der Waals surface area contributed by atoms with Gasteiger partial charge in [-0.05, 0) is 6.07 Å². The number of halogens is 2. The van der Waals surface area contributed by atoms with Crippen LogP contribution in [0, 0.1) is 0 Å². The van der Waals surface area contributed by atoms with E-state index < -0.39 is 11.8 Å². The van der Waals surface area contributed by atoms with Crippen LogP contribution >= 0.6 is 23.2 Å². The van der Waals surface area contributed by atoms with Crippen molar-refractivity contribution in [2.45, 2.75) is 0 Å². The average Bonchev–Trinajstić information content (AvgIpc) is 2.44. The molecule has 1 fully saturated rings. The Kier molecular flexibility index (Phi) is 4.57. The van der Waals surface area contributed by atoms with Gasteiger partial charge in [0.25, 0.3) is 0 Å². The molecule has 1 aliphatic heterocycles. The summed E-state index contributed by atoms with van der Waals surface area (Å²) in [6.07, 6.45) is 1.40. The smallest absolute Gasteiger partial charge is 0.313 e. The van der Waals surface area contributed by atoms with E-state index in [1.54, 1.807) is 0 Å². The van der Waals surface area contributed by atoms with E-state index in [0.29, 0.717) is 26.2 Å². The molecule has 0 radical (unpaired) electrons. The van der Waals surface area contributed by atoms with Crippen LogP contribution in [-0.2, 0) is 9.59 Å². The van der Waals surface area contributed by atoms with Crippen molar-refractivity contribution in [3.05, 3.63) is 22.4 Å². The highest BCUT2D eigenvalue weighted by Gasteiger charge is 2.24. The van der Waals surface area contributed by atoms with Gasteiger partial charge in [0.1, 0.15) is 10.2 Å². The number of nitrogens with one attached hydrogen (secondary N) is 2. The van der Waals surface area contributed by atoms with E-state index in [-0.39, 0.29) is 15.9 Å². The van der Waals surface area contributed by atoms with Gasteiger partial charge in [0, 0.05) is 32.4 Å². The summed E-state index contributed by atoms with van der Waals surface area (Å²) in [6.45, 7) is 2.38. The molecule has 1 aliphatic rings. The van der Waals surface area contributed by atoms with Crippen LogP contribution in [0.2, 0.25) is 10.2 Å². The van der Waals surface area contributed by atoms with Crippen molar-refractivity contribution >= 4 is 40.7 Å². The van der Waals surface area contributed by atoms with Gasteiger partial charge in [-0.1, -0.05) is 23.2 Å². The zero-order chi connectivity index (χ0) is 13.8. The number of piperazine rings is 1. The number of aromatic nitrogens is 1. The Morgan fingerprint density at radius 1 is 1.32 bits per heavy atom. The third-order valence-electron chi connectivity index (χ3n) is 2.69. The fourth-order valence-corrected chi connectivity index (χ4v) is 2.02. The first kappa shape index (κ1) is 14.0. The van der Waals surface area contributed by atoms with Gasteiger partial charge in [0.15, 0.2) is 0 Å². The van der Waals surface area contributed by atoms with E-state index >= 15 is 0 Å². The Morgan fingerprint density at radius 2 is 2.00 bits per heavy atom. The first-order valence-electron chi connectivity index (χ1n) is 5.70. The van der Waals surface area contributed by atoms with E-state index in [0.717, 1.165) is 0 Å². The molecule has 1 aromatic rings. The number of hydrogen-bond acceptors (Lipinski definition) is 4. The first-order valence-corrected chi connectivity index (χ1v) is 6.46. The predicted molar refractivity (Wildman–Crippen MR) is 72.3 cm³/mol. The minimum absolute atomic E-state index is 0.0779. The molecule has 1 aromatic heterocycles. The summed E-state index contributed by atoms with van der Waals surface area (Å²) in [5.74, 6) is -1.31. The molecule has 1 saturated heterocycles. The van der Waals surface area contributed by atoms with Crippen LogP contribution in [0.1, 0.15) is 0 Å². The molecule has 6 nitrogen and oxygen atoms in total. The fraction of sp³-hybridized carbons (Fsp3) is 0.364. The Bertz CT molecular complexity index is 503. The summed E-state index contributed by atoms with van der Waals surface area (Å²) in [7, 11) is 0. The topological polar surface area (TPSA) is 74.3 Å². The Hall–Kier alpha value is -1.37. The van der Waals surface area contributed by atoms with Crippen molar-refractivity contribution < 1.29 is 9.59 Å². The van der Waals surface area contributed by atoms with Crippen molar-refractivity contribution in [1.29, 1.82) is 0 Å². The molecule has 0 bridgehead atoms. The van der Waals surface area contributed by atoms with Crippen molar-refractivity contribution in [1.82, 2.24) is 15.2 Å². The molecule has 0 spiro atoms. The summed E-state index contributed by atoms with van der Waals surface area (Å²) in [5, 5.41) is 5.74. The first-order chi connectivity index (χ1) is 9.09. The Morgan fingerprint density at radius 3 is 2.68 bits per heavy atom. The quantitative estimate of drug-likeness (QED) is 0.593. The number of carbonyl (C=O) groups excluding carboxylic acids is 2. The van der Waals surface area contributed by atoms with Crippen LogP contribution < -0.4 is 10.6 Å². The van der Waals surface area contributed by atoms with Gasteiger partial charge in [-0.3, -0.25) is 9.59 Å². The second-order valence-corrected chi connectivity index (χ2v) is 4.70. The van der Waals surface area contributed by atoms with E-state index in [2.05, 4.69) is 15.6 Å². The monoisotopic (exact) mass is 302 g/mol. The maximum Gasteiger partial charge on any atom is 0.313 e. The van der Waals surface area contributed by atoms with E-state index in [1.807, 2.05) is 0 Å². The molecule has 2 N–H and O–H groups in total. The van der Waals surface area contributed by atoms with E-state index in [9.17, 15) is 9.59 Å². The summed E-state index contributed by atoms with van der Waals surface area (Å²) in [4.78, 5) is 29.0. The van der Waals surface area contributed by atoms with Crippen molar-refractivity contribution in [2.24, 2.45) is 0 Å². The van der Waals surface area contributed by atoms with Crippen molar-refractivity contribution in [2.75, 3.05) is 31.5 Å². The highest BCUT2D eigenvalue weighted by atomic mass is 35.5. The molecule has 2 rings (SSSR count). The second-order valence-electron chi connectivity index (χ2n) is 3.96. The molecule has 0 unspecified atom stereocenters. The molecule has 19 heavy (non-hydrogen) atoms. The van der Waals surface area contributed by atoms with E-state index in [1.165, 1.54) is 17.2 Å². The lowest BCUT2D eigenvalue weighted by Crippen LogP contribution is -2.49. The van der Waals surface area contributed by atoms with Gasteiger partial charge < -0.3 is 15.5 Å². The molecule has 2 heterocycles. The van der Waals surface area contributed by atoms with Gasteiger partial charge in [-0.2, -0.15) is 0 Å². The molecule has 102 valence electrons. The van der Waals surface area contributed by atoms with Gasteiger partial charge in [0.2, 0.25) is 0 Å². The number of rotatable bonds is 1. The second kappa shape index (κ2) is 6.18. The number of hydrogen-bond donors (Lipinski definition) is 2. The van der Waals surface area contributed by atoms with Gasteiger partial charge in [0.05, 0.1) is 5.69 Å². The zero-order valence-corrected chi connectivity index (χ0v) is 11.5. The lowest BCUT2D eigenvalue weighted by molar-refractivity contribution is -0.143. The van der Waals surface area contributed by atoms with Crippen molar-refractivity contribution in [3.63, 3.8) is 0 Å². The lowest BCUT2D eigenvalue weighted by Gasteiger charge is -2.26. The molecule has 0 saturated carbocycles. The van der Waals surface area contributed by atoms with Crippen LogP contribution in [0.25, 0.3) is 0 Å². The largest absolute Gasteiger partial charge is 0.332 e. The molecule has 8 heteroatoms. The number of amides is 2. The molecule has 0 aliphatic carbocycles. The van der Waals surface area contributed by atoms with Crippen molar-refractivity contribution in [3.8, 4) is 0 Å². The highest BCUT2D eigenvalue weighted by Crippen LogP contribution is 2.27. The zero-order valence-electron chi connectivity index (χ0n) is 9.95. The molecule has 0 aromatic carbocycles. The third kappa shape index (κ3) is 3.34. The van der Waals surface area contributed by atoms with Crippen LogP contribution in [0.3, 0.4) is 0 Å². The SMILES string of the molecule is O=C(Nc1ccnc(Cl)c1Cl)C(=O)N1CCNCC1. The normalized spacial score (nSPS) is 15.2. The highest BCUT2D eigenvalue weighted by molar-refractivity contribution is 6.45. The van der Waals surface area contributed by atoms with Crippen LogP contribution in [0.5, 0.6) is 0 Å². The molecular formula is C11H12Cl2N4O2. The number of pyridine rings is 1. The summed E-state index contributed by atoms with van der Waals surface area (Å²) < 4.78 is 0. The summed E-state index contributed by atoms with van der Waals surface area (Å²) in [5.41, 5.74) is 0.273. The van der Waals surface area contributed by atoms with Crippen LogP contribution in [-0.4, -0.2) is 47.9 Å². The Labute approximate surface area is 120 Å². The lowest BCUT2D eigenvalue weighted by atomic mass is 10.3. The summed E-state index contributed by atoms with van der Waals surface area (Å²) in [6, 6.07) is 1.48. The fourth-order valence-electron chi connectivity index (χ4n) is 1.70. The molecular weight excluding hydrogens is 291 g/mol. The number of carbonyl (C=O) groups is 2. The Balaban J connectivity index is 2.04. The minimum atomic E-state index is -0.730. The van der Waals surface area contributed by atoms with Gasteiger partial charge >= 0.3 is 11.8 Å². The standard InChI is InChI=1S/C11H12Cl2N4O2/c12-8-7(1-2-15-9(8)13)16-10(18)11(19)17-5-3-14-4-6-17/h1-2,14H,3-6H2,(H,15,16,18). The third-order valence-corrected chi connectivity index (χ3v) is 3.46. The molecule has 2 amide bonds.